The Hall–Kier alpha value is -0.610. The average molecular weight is 329 g/mol. The molecule has 0 spiro atoms. The highest BCUT2D eigenvalue weighted by Gasteiger charge is 2.20. The van der Waals surface area contributed by atoms with E-state index in [1.54, 1.807) is 0 Å². The summed E-state index contributed by atoms with van der Waals surface area (Å²) in [6.45, 7) is 9.87. The maximum Gasteiger partial charge on any atom is 0.106 e. The van der Waals surface area contributed by atoms with Gasteiger partial charge < -0.3 is 11.1 Å². The lowest BCUT2D eigenvalue weighted by atomic mass is 9.82. The first-order valence-corrected chi connectivity index (χ1v) is 7.25. The summed E-state index contributed by atoms with van der Waals surface area (Å²) in [4.78, 5) is 0.424. The Morgan fingerprint density at radius 3 is 2.56 bits per heavy atom. The van der Waals surface area contributed by atoms with Gasteiger partial charge in [-0.3, -0.25) is 0 Å². The van der Waals surface area contributed by atoms with E-state index in [9.17, 15) is 0 Å². The lowest BCUT2D eigenvalue weighted by Crippen LogP contribution is -2.25. The molecule has 1 unspecified atom stereocenters. The van der Waals surface area contributed by atoms with E-state index in [1.807, 2.05) is 18.2 Å². The van der Waals surface area contributed by atoms with Crippen LogP contribution < -0.4 is 11.1 Å². The third kappa shape index (κ3) is 4.25. The number of halogens is 1. The molecule has 100 valence electrons. The van der Waals surface area contributed by atoms with Crippen molar-refractivity contribution in [3.8, 4) is 0 Å². The molecule has 0 aromatic heterocycles. The summed E-state index contributed by atoms with van der Waals surface area (Å²) in [5.74, 6) is 0.552. The number of anilines is 1. The van der Waals surface area contributed by atoms with E-state index in [2.05, 4.69) is 48.9 Å². The molecule has 0 aliphatic heterocycles. The summed E-state index contributed by atoms with van der Waals surface area (Å²) in [5.41, 5.74) is 7.90. The molecule has 18 heavy (non-hydrogen) atoms. The molecule has 0 saturated carbocycles. The van der Waals surface area contributed by atoms with E-state index in [-0.39, 0.29) is 5.41 Å². The molecule has 0 aliphatic rings. The minimum atomic E-state index is 0.280. The quantitative estimate of drug-likeness (QED) is 0.814. The van der Waals surface area contributed by atoms with E-state index in [0.29, 0.717) is 10.9 Å². The number of hydrogen-bond donors (Lipinski definition) is 2. The lowest BCUT2D eigenvalue weighted by Gasteiger charge is -2.28. The topological polar surface area (TPSA) is 38.0 Å². The Balaban J connectivity index is 2.84. The molecule has 0 heterocycles. The SMILES string of the molecule is CC(CNc1cc(Br)ccc1C(N)=S)C(C)(C)C. The first-order chi connectivity index (χ1) is 8.21. The van der Waals surface area contributed by atoms with Crippen LogP contribution in [0.15, 0.2) is 22.7 Å². The van der Waals surface area contributed by atoms with Crippen LogP contribution in [0.2, 0.25) is 0 Å². The second-order valence-corrected chi connectivity index (χ2v) is 7.06. The number of nitrogens with two attached hydrogens (primary N) is 1. The molecule has 0 amide bonds. The molecule has 4 heteroatoms. The fourth-order valence-electron chi connectivity index (χ4n) is 1.45. The summed E-state index contributed by atoms with van der Waals surface area (Å²) < 4.78 is 1.02. The third-order valence-corrected chi connectivity index (χ3v) is 4.04. The van der Waals surface area contributed by atoms with Crippen LogP contribution in [0.1, 0.15) is 33.3 Å². The van der Waals surface area contributed by atoms with Crippen molar-refractivity contribution in [2.75, 3.05) is 11.9 Å². The van der Waals surface area contributed by atoms with Gasteiger partial charge >= 0.3 is 0 Å². The van der Waals surface area contributed by atoms with E-state index in [0.717, 1.165) is 22.3 Å². The highest BCUT2D eigenvalue weighted by Crippen LogP contribution is 2.27. The van der Waals surface area contributed by atoms with Crippen LogP contribution in [-0.2, 0) is 0 Å². The van der Waals surface area contributed by atoms with Crippen molar-refractivity contribution < 1.29 is 0 Å². The monoisotopic (exact) mass is 328 g/mol. The molecule has 0 aliphatic carbocycles. The normalized spacial score (nSPS) is 13.2. The molecule has 2 nitrogen and oxygen atoms in total. The predicted octanol–water partition coefficient (Wildman–Crippen LogP) is 4.18. The average Bonchev–Trinajstić information content (AvgIpc) is 2.24. The molecule has 0 fully saturated rings. The van der Waals surface area contributed by atoms with Crippen molar-refractivity contribution in [1.29, 1.82) is 0 Å². The van der Waals surface area contributed by atoms with Crippen LogP contribution in [0.25, 0.3) is 0 Å². The van der Waals surface area contributed by atoms with Gasteiger partial charge in [0.1, 0.15) is 4.99 Å². The van der Waals surface area contributed by atoms with Gasteiger partial charge in [-0.2, -0.15) is 0 Å². The number of nitrogens with one attached hydrogen (secondary N) is 1. The maximum absolute atomic E-state index is 5.73. The molecular formula is C14H21BrN2S. The standard InChI is InChI=1S/C14H21BrN2S/c1-9(14(2,3)4)8-17-12-7-10(15)5-6-11(12)13(16)18/h5-7,9,17H,8H2,1-4H3,(H2,16,18). The van der Waals surface area contributed by atoms with Crippen molar-refractivity contribution >= 4 is 38.8 Å². The van der Waals surface area contributed by atoms with Crippen LogP contribution >= 0.6 is 28.1 Å². The van der Waals surface area contributed by atoms with Crippen molar-refractivity contribution in [3.63, 3.8) is 0 Å². The zero-order chi connectivity index (χ0) is 13.9. The zero-order valence-corrected chi connectivity index (χ0v) is 13.8. The highest BCUT2D eigenvalue weighted by atomic mass is 79.9. The number of benzene rings is 1. The predicted molar refractivity (Wildman–Crippen MR) is 87.1 cm³/mol. The fourth-order valence-corrected chi connectivity index (χ4v) is 1.99. The first-order valence-electron chi connectivity index (χ1n) is 6.05. The van der Waals surface area contributed by atoms with Crippen LogP contribution in [0.5, 0.6) is 0 Å². The van der Waals surface area contributed by atoms with E-state index >= 15 is 0 Å². The molecule has 0 radical (unpaired) electrons. The van der Waals surface area contributed by atoms with Gasteiger partial charge in [-0.15, -0.1) is 0 Å². The Kier molecular flexibility index (Phi) is 5.17. The van der Waals surface area contributed by atoms with Gasteiger partial charge in [0.15, 0.2) is 0 Å². The summed E-state index contributed by atoms with van der Waals surface area (Å²) >= 11 is 8.54. The van der Waals surface area contributed by atoms with E-state index in [1.165, 1.54) is 0 Å². The fraction of sp³-hybridized carbons (Fsp3) is 0.500. The van der Waals surface area contributed by atoms with Gasteiger partial charge in [0, 0.05) is 22.3 Å². The van der Waals surface area contributed by atoms with Gasteiger partial charge in [0.2, 0.25) is 0 Å². The van der Waals surface area contributed by atoms with Crippen molar-refractivity contribution in [1.82, 2.24) is 0 Å². The van der Waals surface area contributed by atoms with Crippen LogP contribution in [0.3, 0.4) is 0 Å². The molecule has 0 saturated heterocycles. The molecule has 0 bridgehead atoms. The molecule has 3 N–H and O–H groups in total. The smallest absolute Gasteiger partial charge is 0.106 e. The van der Waals surface area contributed by atoms with Gasteiger partial charge in [0.05, 0.1) is 0 Å². The number of hydrogen-bond acceptors (Lipinski definition) is 2. The highest BCUT2D eigenvalue weighted by molar-refractivity contribution is 9.10. The Morgan fingerprint density at radius 1 is 1.44 bits per heavy atom. The molecule has 1 atom stereocenters. The lowest BCUT2D eigenvalue weighted by molar-refractivity contribution is 0.274. The molecule has 1 aromatic carbocycles. The van der Waals surface area contributed by atoms with Gasteiger partial charge in [-0.1, -0.05) is 55.8 Å². The molecule has 1 rings (SSSR count). The van der Waals surface area contributed by atoms with Crippen LogP contribution in [-0.4, -0.2) is 11.5 Å². The summed E-state index contributed by atoms with van der Waals surface area (Å²) in [6, 6.07) is 5.91. The first kappa shape index (κ1) is 15.4. The minimum Gasteiger partial charge on any atom is -0.389 e. The van der Waals surface area contributed by atoms with Gasteiger partial charge in [-0.25, -0.2) is 0 Å². The summed E-state index contributed by atoms with van der Waals surface area (Å²) in [5, 5.41) is 3.44. The number of thiocarbonyl (C=S) groups is 1. The third-order valence-electron chi connectivity index (χ3n) is 3.32. The molecule has 1 aromatic rings. The Morgan fingerprint density at radius 2 is 2.06 bits per heavy atom. The maximum atomic E-state index is 5.73. The van der Waals surface area contributed by atoms with Gasteiger partial charge in [0.25, 0.3) is 0 Å². The molecular weight excluding hydrogens is 308 g/mol. The second kappa shape index (κ2) is 6.02. The summed E-state index contributed by atoms with van der Waals surface area (Å²) in [7, 11) is 0. The zero-order valence-electron chi connectivity index (χ0n) is 11.4. The van der Waals surface area contributed by atoms with Crippen molar-refractivity contribution in [2.24, 2.45) is 17.1 Å². The van der Waals surface area contributed by atoms with Crippen molar-refractivity contribution in [2.45, 2.75) is 27.7 Å². The second-order valence-electron chi connectivity index (χ2n) is 5.70. The number of rotatable bonds is 4. The summed E-state index contributed by atoms with van der Waals surface area (Å²) in [6.07, 6.45) is 0. The van der Waals surface area contributed by atoms with E-state index < -0.39 is 0 Å². The van der Waals surface area contributed by atoms with Crippen molar-refractivity contribution in [3.05, 3.63) is 28.2 Å². The Labute approximate surface area is 123 Å². The van der Waals surface area contributed by atoms with Crippen LogP contribution in [0.4, 0.5) is 5.69 Å². The van der Waals surface area contributed by atoms with E-state index in [4.69, 9.17) is 18.0 Å². The van der Waals surface area contributed by atoms with Crippen LogP contribution in [0, 0.1) is 11.3 Å². The largest absolute Gasteiger partial charge is 0.389 e. The Bertz CT molecular complexity index is 438. The minimum absolute atomic E-state index is 0.280. The van der Waals surface area contributed by atoms with Gasteiger partial charge in [-0.05, 0) is 29.5 Å².